The zero-order chi connectivity index (χ0) is 11.4. The van der Waals surface area contributed by atoms with E-state index in [1.165, 1.54) is 0 Å². The summed E-state index contributed by atoms with van der Waals surface area (Å²) in [7, 11) is 1.72. The van der Waals surface area contributed by atoms with Crippen molar-refractivity contribution < 1.29 is 9.53 Å². The van der Waals surface area contributed by atoms with Crippen LogP contribution < -0.4 is 0 Å². The number of aromatic nitrogens is 1. The molecule has 0 bridgehead atoms. The van der Waals surface area contributed by atoms with Crippen LogP contribution in [0, 0.1) is 5.92 Å². The Balaban J connectivity index is 1.80. The van der Waals surface area contributed by atoms with E-state index in [1.54, 1.807) is 7.11 Å². The average molecular weight is 221 g/mol. The molecule has 0 N–H and O–H groups in total. The van der Waals surface area contributed by atoms with Crippen LogP contribution in [0.5, 0.6) is 0 Å². The van der Waals surface area contributed by atoms with E-state index in [0.29, 0.717) is 11.7 Å². The summed E-state index contributed by atoms with van der Waals surface area (Å²) in [5, 5.41) is 0. The fourth-order valence-corrected chi connectivity index (χ4v) is 1.85. The van der Waals surface area contributed by atoms with Crippen molar-refractivity contribution in [2.75, 3.05) is 13.7 Å². The van der Waals surface area contributed by atoms with Crippen LogP contribution in [0.4, 0.5) is 0 Å². The number of Topliss-reactive ketones (excluding diaryl/α,β-unsaturated/α-hetero) is 1. The number of hydrogen-bond donors (Lipinski definition) is 0. The summed E-state index contributed by atoms with van der Waals surface area (Å²) in [6.07, 6.45) is 8.31. The van der Waals surface area contributed by atoms with Gasteiger partial charge in [-0.3, -0.25) is 4.79 Å². The van der Waals surface area contributed by atoms with E-state index in [4.69, 9.17) is 4.74 Å². The summed E-state index contributed by atoms with van der Waals surface area (Å²) in [5.41, 5.74) is 0.884. The van der Waals surface area contributed by atoms with Gasteiger partial charge in [-0.05, 0) is 31.7 Å². The zero-order valence-corrected chi connectivity index (χ0v) is 9.82. The highest BCUT2D eigenvalue weighted by molar-refractivity contribution is 5.99. The molecule has 1 aromatic heterocycles. The summed E-state index contributed by atoms with van der Waals surface area (Å²) in [4.78, 5) is 11.8. The Morgan fingerprint density at radius 1 is 1.50 bits per heavy atom. The Labute approximate surface area is 96.4 Å². The van der Waals surface area contributed by atoms with Gasteiger partial charge in [-0.25, -0.2) is 0 Å². The summed E-state index contributed by atoms with van der Waals surface area (Å²) >= 11 is 0. The Kier molecular flexibility index (Phi) is 3.78. The Hall–Kier alpha value is -1.09. The van der Waals surface area contributed by atoms with Crippen molar-refractivity contribution in [3.05, 3.63) is 24.0 Å². The molecule has 0 spiro atoms. The number of ketones is 1. The van der Waals surface area contributed by atoms with Crippen molar-refractivity contribution in [2.45, 2.75) is 32.2 Å². The van der Waals surface area contributed by atoms with Crippen LogP contribution in [0.15, 0.2) is 18.5 Å². The first kappa shape index (κ1) is 11.4. The van der Waals surface area contributed by atoms with E-state index >= 15 is 0 Å². The first-order valence-electron chi connectivity index (χ1n) is 6.00. The van der Waals surface area contributed by atoms with Crippen molar-refractivity contribution >= 4 is 5.78 Å². The first-order chi connectivity index (χ1) is 7.81. The van der Waals surface area contributed by atoms with Gasteiger partial charge >= 0.3 is 0 Å². The summed E-state index contributed by atoms with van der Waals surface area (Å²) in [6, 6.07) is 1.94. The number of ether oxygens (including phenoxy) is 1. The van der Waals surface area contributed by atoms with Crippen molar-refractivity contribution in [3.63, 3.8) is 0 Å². The van der Waals surface area contributed by atoms with Gasteiger partial charge in [0.15, 0.2) is 5.78 Å². The van der Waals surface area contributed by atoms with Gasteiger partial charge in [-0.1, -0.05) is 0 Å². The van der Waals surface area contributed by atoms with E-state index in [1.807, 2.05) is 18.5 Å². The van der Waals surface area contributed by atoms with Gasteiger partial charge in [-0.15, -0.1) is 0 Å². The molecule has 0 amide bonds. The number of rotatable bonds is 7. The largest absolute Gasteiger partial charge is 0.385 e. The molecule has 0 atom stereocenters. The maximum absolute atomic E-state index is 11.8. The van der Waals surface area contributed by atoms with Crippen LogP contribution in [0.3, 0.4) is 0 Å². The lowest BCUT2D eigenvalue weighted by molar-refractivity contribution is 0.0967. The normalized spacial score (nSPS) is 15.3. The Morgan fingerprint density at radius 2 is 2.31 bits per heavy atom. The van der Waals surface area contributed by atoms with Crippen molar-refractivity contribution in [3.8, 4) is 0 Å². The third-order valence-electron chi connectivity index (χ3n) is 3.00. The molecule has 1 saturated carbocycles. The minimum absolute atomic E-state index is 0.323. The topological polar surface area (TPSA) is 31.2 Å². The SMILES string of the molecule is COCCCCn1ccc(C(=O)C2CC2)c1. The molecule has 1 heterocycles. The van der Waals surface area contributed by atoms with Crippen LogP contribution in [0.2, 0.25) is 0 Å². The van der Waals surface area contributed by atoms with E-state index in [-0.39, 0.29) is 0 Å². The molecule has 0 saturated heterocycles. The molecule has 1 aromatic rings. The van der Waals surface area contributed by atoms with Crippen LogP contribution in [0.25, 0.3) is 0 Å². The minimum Gasteiger partial charge on any atom is -0.385 e. The molecule has 16 heavy (non-hydrogen) atoms. The predicted molar refractivity (Wildman–Crippen MR) is 62.6 cm³/mol. The summed E-state index contributed by atoms with van der Waals surface area (Å²) < 4.78 is 7.10. The highest BCUT2D eigenvalue weighted by Crippen LogP contribution is 2.32. The fourth-order valence-electron chi connectivity index (χ4n) is 1.85. The molecule has 1 aliphatic rings. The van der Waals surface area contributed by atoms with Gasteiger partial charge in [0, 0.05) is 44.1 Å². The monoisotopic (exact) mass is 221 g/mol. The highest BCUT2D eigenvalue weighted by atomic mass is 16.5. The van der Waals surface area contributed by atoms with Gasteiger partial charge in [0.05, 0.1) is 0 Å². The molecular weight excluding hydrogens is 202 g/mol. The zero-order valence-electron chi connectivity index (χ0n) is 9.82. The average Bonchev–Trinajstić information content (AvgIpc) is 3.03. The molecule has 3 nitrogen and oxygen atoms in total. The quantitative estimate of drug-likeness (QED) is 0.523. The number of methoxy groups -OCH3 is 1. The number of unbranched alkanes of at least 4 members (excludes halogenated alkanes) is 1. The second kappa shape index (κ2) is 5.30. The predicted octanol–water partition coefficient (Wildman–Crippen LogP) is 2.51. The molecule has 88 valence electrons. The van der Waals surface area contributed by atoms with Gasteiger partial charge < -0.3 is 9.30 Å². The van der Waals surface area contributed by atoms with Crippen LogP contribution in [-0.4, -0.2) is 24.1 Å². The number of carbonyl (C=O) groups is 1. The number of nitrogens with zero attached hydrogens (tertiary/aromatic N) is 1. The minimum atomic E-state index is 0.323. The van der Waals surface area contributed by atoms with Crippen LogP contribution >= 0.6 is 0 Å². The van der Waals surface area contributed by atoms with Crippen LogP contribution in [0.1, 0.15) is 36.0 Å². The molecule has 0 aliphatic heterocycles. The third-order valence-corrected chi connectivity index (χ3v) is 3.00. The van der Waals surface area contributed by atoms with E-state index in [0.717, 1.165) is 44.4 Å². The van der Waals surface area contributed by atoms with E-state index < -0.39 is 0 Å². The number of hydrogen-bond acceptors (Lipinski definition) is 2. The smallest absolute Gasteiger partial charge is 0.167 e. The molecule has 3 heteroatoms. The van der Waals surface area contributed by atoms with E-state index in [9.17, 15) is 4.79 Å². The second-order valence-electron chi connectivity index (χ2n) is 4.48. The third kappa shape index (κ3) is 2.95. The van der Waals surface area contributed by atoms with E-state index in [2.05, 4.69) is 4.57 Å². The lowest BCUT2D eigenvalue weighted by Crippen LogP contribution is -2.00. The van der Waals surface area contributed by atoms with Crippen molar-refractivity contribution in [2.24, 2.45) is 5.92 Å². The number of aryl methyl sites for hydroxylation is 1. The van der Waals surface area contributed by atoms with Gasteiger partial charge in [-0.2, -0.15) is 0 Å². The molecule has 0 unspecified atom stereocenters. The highest BCUT2D eigenvalue weighted by Gasteiger charge is 2.30. The molecular formula is C13H19NO2. The Morgan fingerprint density at radius 3 is 3.00 bits per heavy atom. The lowest BCUT2D eigenvalue weighted by atomic mass is 10.1. The molecule has 1 aliphatic carbocycles. The molecule has 0 aromatic carbocycles. The number of carbonyl (C=O) groups excluding carboxylic acids is 1. The lowest BCUT2D eigenvalue weighted by Gasteiger charge is -2.02. The standard InChI is InChI=1S/C13H19NO2/c1-16-9-3-2-7-14-8-6-12(10-14)13(15)11-4-5-11/h6,8,10-11H,2-5,7,9H2,1H3. The van der Waals surface area contributed by atoms with Gasteiger partial charge in [0.25, 0.3) is 0 Å². The maximum Gasteiger partial charge on any atom is 0.167 e. The maximum atomic E-state index is 11.8. The van der Waals surface area contributed by atoms with Crippen LogP contribution in [-0.2, 0) is 11.3 Å². The first-order valence-corrected chi connectivity index (χ1v) is 6.00. The molecule has 1 fully saturated rings. The van der Waals surface area contributed by atoms with Crippen molar-refractivity contribution in [1.82, 2.24) is 4.57 Å². The fraction of sp³-hybridized carbons (Fsp3) is 0.615. The second-order valence-corrected chi connectivity index (χ2v) is 4.48. The van der Waals surface area contributed by atoms with Crippen molar-refractivity contribution in [1.29, 1.82) is 0 Å². The Bertz CT molecular complexity index is 353. The summed E-state index contributed by atoms with van der Waals surface area (Å²) in [5.74, 6) is 0.653. The van der Waals surface area contributed by atoms with Gasteiger partial charge in [0.2, 0.25) is 0 Å². The van der Waals surface area contributed by atoms with Gasteiger partial charge in [0.1, 0.15) is 0 Å². The summed E-state index contributed by atoms with van der Waals surface area (Å²) in [6.45, 7) is 1.79. The molecule has 0 radical (unpaired) electrons. The molecule has 2 rings (SSSR count).